The Hall–Kier alpha value is -1.40. The number of amides is 2. The van der Waals surface area contributed by atoms with E-state index in [0.717, 1.165) is 17.9 Å². The number of urea groups is 1. The second-order valence-corrected chi connectivity index (χ2v) is 7.37. The third-order valence-electron chi connectivity index (χ3n) is 3.54. The molecule has 22 heavy (non-hydrogen) atoms. The van der Waals surface area contributed by atoms with Crippen molar-refractivity contribution in [1.82, 2.24) is 4.90 Å². The molecule has 1 fully saturated rings. The highest BCUT2D eigenvalue weighted by Crippen LogP contribution is 2.17. The number of carbonyl (C=O) groups excluding carboxylic acids is 1. The van der Waals surface area contributed by atoms with Gasteiger partial charge in [0.15, 0.2) is 0 Å². The first kappa shape index (κ1) is 17.0. The summed E-state index contributed by atoms with van der Waals surface area (Å²) in [6.07, 6.45) is 2.65. The molecule has 6 heteroatoms. The largest absolute Gasteiger partial charge is 0.376 e. The Bertz CT molecular complexity index is 531. The van der Waals surface area contributed by atoms with E-state index in [1.165, 1.54) is 0 Å². The van der Waals surface area contributed by atoms with Crippen molar-refractivity contribution in [2.24, 2.45) is 5.92 Å². The van der Waals surface area contributed by atoms with E-state index in [0.29, 0.717) is 24.7 Å². The lowest BCUT2D eigenvalue weighted by Gasteiger charge is -2.18. The van der Waals surface area contributed by atoms with Gasteiger partial charge in [0.25, 0.3) is 0 Å². The maximum atomic E-state index is 12.2. The van der Waals surface area contributed by atoms with Gasteiger partial charge in [-0.15, -0.1) is 0 Å². The first-order valence-corrected chi connectivity index (χ1v) is 9.12. The monoisotopic (exact) mass is 324 g/mol. The van der Waals surface area contributed by atoms with Gasteiger partial charge >= 0.3 is 6.03 Å². The SMILES string of the molecule is CC(C)CO[C@@H]1CCN(C(=O)Nc2ccc([S@](C)=O)cc2)C1. The van der Waals surface area contributed by atoms with Gasteiger partial charge in [0.2, 0.25) is 0 Å². The minimum absolute atomic E-state index is 0.110. The summed E-state index contributed by atoms with van der Waals surface area (Å²) >= 11 is 0. The molecule has 0 bridgehead atoms. The Morgan fingerprint density at radius 3 is 2.68 bits per heavy atom. The van der Waals surface area contributed by atoms with Crippen molar-refractivity contribution in [3.63, 3.8) is 0 Å². The van der Waals surface area contributed by atoms with Gasteiger partial charge in [-0.1, -0.05) is 13.8 Å². The predicted octanol–water partition coefficient (Wildman–Crippen LogP) is 2.70. The number of benzene rings is 1. The lowest BCUT2D eigenvalue weighted by molar-refractivity contribution is 0.0440. The fourth-order valence-corrected chi connectivity index (χ4v) is 2.83. The number of rotatable bonds is 5. The van der Waals surface area contributed by atoms with Crippen LogP contribution in [0, 0.1) is 5.92 Å². The van der Waals surface area contributed by atoms with Crippen LogP contribution in [0.3, 0.4) is 0 Å². The molecule has 0 aliphatic carbocycles. The van der Waals surface area contributed by atoms with Crippen LogP contribution in [-0.4, -0.2) is 47.2 Å². The zero-order chi connectivity index (χ0) is 16.1. The molecule has 1 aromatic carbocycles. The summed E-state index contributed by atoms with van der Waals surface area (Å²) in [5.41, 5.74) is 0.714. The van der Waals surface area contributed by atoms with E-state index in [-0.39, 0.29) is 12.1 Å². The molecule has 2 amide bonds. The summed E-state index contributed by atoms with van der Waals surface area (Å²) < 4.78 is 17.1. The van der Waals surface area contributed by atoms with Crippen molar-refractivity contribution in [3.8, 4) is 0 Å². The number of nitrogens with zero attached hydrogens (tertiary/aromatic N) is 1. The lowest BCUT2D eigenvalue weighted by atomic mass is 10.2. The van der Waals surface area contributed by atoms with E-state index in [1.54, 1.807) is 35.4 Å². The molecule has 1 aliphatic heterocycles. The molecule has 5 nitrogen and oxygen atoms in total. The normalized spacial score (nSPS) is 19.5. The van der Waals surface area contributed by atoms with Crippen LogP contribution in [-0.2, 0) is 15.5 Å². The molecule has 1 N–H and O–H groups in total. The van der Waals surface area contributed by atoms with Crippen molar-refractivity contribution in [1.29, 1.82) is 0 Å². The molecular weight excluding hydrogens is 300 g/mol. The van der Waals surface area contributed by atoms with Crippen LogP contribution in [0.2, 0.25) is 0 Å². The van der Waals surface area contributed by atoms with Crippen molar-refractivity contribution in [2.45, 2.75) is 31.3 Å². The zero-order valence-corrected chi connectivity index (χ0v) is 14.2. The number of likely N-dealkylation sites (tertiary alicyclic amines) is 1. The van der Waals surface area contributed by atoms with Gasteiger partial charge in [-0.3, -0.25) is 4.21 Å². The van der Waals surface area contributed by atoms with Crippen LogP contribution < -0.4 is 5.32 Å². The topological polar surface area (TPSA) is 58.6 Å². The van der Waals surface area contributed by atoms with Gasteiger partial charge in [0, 0.05) is 47.3 Å². The molecular formula is C16H24N2O3S. The molecule has 1 heterocycles. The van der Waals surface area contributed by atoms with E-state index in [4.69, 9.17) is 4.74 Å². The Kier molecular flexibility index (Phi) is 5.97. The molecule has 1 aliphatic rings. The smallest absolute Gasteiger partial charge is 0.321 e. The highest BCUT2D eigenvalue weighted by Gasteiger charge is 2.26. The third kappa shape index (κ3) is 4.81. The van der Waals surface area contributed by atoms with Crippen LogP contribution in [0.25, 0.3) is 0 Å². The van der Waals surface area contributed by atoms with Crippen LogP contribution >= 0.6 is 0 Å². The quantitative estimate of drug-likeness (QED) is 0.906. The minimum atomic E-state index is -1.00. The molecule has 0 spiro atoms. The maximum absolute atomic E-state index is 12.2. The highest BCUT2D eigenvalue weighted by molar-refractivity contribution is 7.84. The number of carbonyl (C=O) groups is 1. The van der Waals surface area contributed by atoms with Crippen molar-refractivity contribution < 1.29 is 13.7 Å². The van der Waals surface area contributed by atoms with Crippen LogP contribution in [0.1, 0.15) is 20.3 Å². The maximum Gasteiger partial charge on any atom is 0.321 e. The standard InChI is InChI=1S/C16H24N2O3S/c1-12(2)11-21-14-8-9-18(10-14)16(19)17-13-4-6-15(7-5-13)22(3)20/h4-7,12,14H,8-11H2,1-3H3,(H,17,19)/t14-,22+/m1/s1. The van der Waals surface area contributed by atoms with E-state index in [1.807, 2.05) is 0 Å². The average molecular weight is 324 g/mol. The number of hydrogen-bond acceptors (Lipinski definition) is 3. The Balaban J connectivity index is 1.84. The van der Waals surface area contributed by atoms with Crippen LogP contribution in [0.4, 0.5) is 10.5 Å². The second kappa shape index (κ2) is 7.74. The number of anilines is 1. The molecule has 2 atom stereocenters. The molecule has 0 saturated carbocycles. The van der Waals surface area contributed by atoms with Gasteiger partial charge in [-0.05, 0) is 36.6 Å². The van der Waals surface area contributed by atoms with E-state index >= 15 is 0 Å². The molecule has 0 unspecified atom stereocenters. The second-order valence-electron chi connectivity index (χ2n) is 5.99. The molecule has 1 saturated heterocycles. The van der Waals surface area contributed by atoms with E-state index in [9.17, 15) is 9.00 Å². The first-order valence-electron chi connectivity index (χ1n) is 7.56. The molecule has 0 radical (unpaired) electrons. The fraction of sp³-hybridized carbons (Fsp3) is 0.562. The number of hydrogen-bond donors (Lipinski definition) is 1. The average Bonchev–Trinajstić information content (AvgIpc) is 2.94. The summed E-state index contributed by atoms with van der Waals surface area (Å²) in [7, 11) is -1.00. The molecule has 1 aromatic rings. The third-order valence-corrected chi connectivity index (χ3v) is 4.47. The molecule has 0 aromatic heterocycles. The van der Waals surface area contributed by atoms with Gasteiger partial charge < -0.3 is 15.0 Å². The Morgan fingerprint density at radius 2 is 2.09 bits per heavy atom. The summed E-state index contributed by atoms with van der Waals surface area (Å²) in [5, 5.41) is 2.87. The highest BCUT2D eigenvalue weighted by atomic mass is 32.2. The molecule has 122 valence electrons. The van der Waals surface area contributed by atoms with Crippen LogP contribution in [0.15, 0.2) is 29.2 Å². The number of ether oxygens (including phenoxy) is 1. The van der Waals surface area contributed by atoms with Gasteiger partial charge in [0.05, 0.1) is 6.10 Å². The van der Waals surface area contributed by atoms with Crippen molar-refractivity contribution in [2.75, 3.05) is 31.3 Å². The van der Waals surface area contributed by atoms with Gasteiger partial charge in [-0.2, -0.15) is 0 Å². The fourth-order valence-electron chi connectivity index (χ4n) is 2.31. The summed E-state index contributed by atoms with van der Waals surface area (Å²) in [6.45, 7) is 6.32. The lowest BCUT2D eigenvalue weighted by Crippen LogP contribution is -2.34. The zero-order valence-electron chi connectivity index (χ0n) is 13.4. The van der Waals surface area contributed by atoms with Crippen molar-refractivity contribution >= 4 is 22.5 Å². The van der Waals surface area contributed by atoms with E-state index < -0.39 is 10.8 Å². The van der Waals surface area contributed by atoms with Crippen molar-refractivity contribution in [3.05, 3.63) is 24.3 Å². The first-order chi connectivity index (χ1) is 10.5. The number of nitrogens with one attached hydrogen (secondary N) is 1. The van der Waals surface area contributed by atoms with Gasteiger partial charge in [-0.25, -0.2) is 4.79 Å². The predicted molar refractivity (Wildman–Crippen MR) is 88.6 cm³/mol. The summed E-state index contributed by atoms with van der Waals surface area (Å²) in [6, 6.07) is 6.98. The Morgan fingerprint density at radius 1 is 1.41 bits per heavy atom. The molecule has 2 rings (SSSR count). The van der Waals surface area contributed by atoms with Gasteiger partial charge in [0.1, 0.15) is 0 Å². The summed E-state index contributed by atoms with van der Waals surface area (Å²) in [4.78, 5) is 14.7. The Labute approximate surface area is 134 Å². The van der Waals surface area contributed by atoms with E-state index in [2.05, 4.69) is 19.2 Å². The summed E-state index contributed by atoms with van der Waals surface area (Å²) in [5.74, 6) is 0.505. The minimum Gasteiger partial charge on any atom is -0.376 e. The van der Waals surface area contributed by atoms with Crippen LogP contribution in [0.5, 0.6) is 0 Å².